The molecule has 4 rings (SSSR count). The van der Waals surface area contributed by atoms with Crippen LogP contribution in [0.15, 0.2) is 40.8 Å². The Morgan fingerprint density at radius 3 is 2.47 bits per heavy atom. The van der Waals surface area contributed by atoms with Crippen LogP contribution in [0.5, 0.6) is 5.75 Å². The highest BCUT2D eigenvalue weighted by atomic mass is 19.4. The quantitative estimate of drug-likeness (QED) is 0.393. The van der Waals surface area contributed by atoms with E-state index in [1.165, 1.54) is 18.2 Å². The summed E-state index contributed by atoms with van der Waals surface area (Å²) in [7, 11) is 0. The summed E-state index contributed by atoms with van der Waals surface area (Å²) in [5.74, 6) is -1.83. The van der Waals surface area contributed by atoms with Gasteiger partial charge in [0.15, 0.2) is 17.2 Å². The molecule has 0 unspecified atom stereocenters. The van der Waals surface area contributed by atoms with Gasteiger partial charge in [-0.05, 0) is 34.7 Å². The molecule has 0 saturated heterocycles. The van der Waals surface area contributed by atoms with Crippen LogP contribution in [0.4, 0.5) is 36.4 Å². The van der Waals surface area contributed by atoms with E-state index in [1.54, 1.807) is 0 Å². The number of aromatic nitrogens is 4. The molecular weight excluding hydrogens is 451 g/mol. The monoisotopic (exact) mass is 461 g/mol. The lowest BCUT2D eigenvalue weighted by Crippen LogP contribution is -2.20. The molecule has 7 nitrogen and oxygen atoms in total. The fourth-order valence-electron chi connectivity index (χ4n) is 2.90. The molecular formula is C18H10F7N5O2. The van der Waals surface area contributed by atoms with Gasteiger partial charge in [-0.3, -0.25) is 0 Å². The van der Waals surface area contributed by atoms with Crippen molar-refractivity contribution in [2.45, 2.75) is 19.1 Å². The largest absolute Gasteiger partial charge is 0.573 e. The number of nitrogens with one attached hydrogen (secondary N) is 2. The van der Waals surface area contributed by atoms with Crippen LogP contribution in [0.2, 0.25) is 0 Å². The summed E-state index contributed by atoms with van der Waals surface area (Å²) in [6.45, 7) is -0.279. The Hall–Kier alpha value is -3.84. The number of furan rings is 1. The van der Waals surface area contributed by atoms with E-state index in [0.29, 0.717) is 17.5 Å². The van der Waals surface area contributed by atoms with Gasteiger partial charge < -0.3 is 14.5 Å². The SMILES string of the molecule is Fc1c(CNc2ccc(OC(F)(F)F)c(C(F)(F)F)c2)ccc2cc(-c3nnn[nH]3)oc12. The van der Waals surface area contributed by atoms with E-state index in [1.807, 2.05) is 0 Å². The molecule has 0 spiro atoms. The van der Waals surface area contributed by atoms with Gasteiger partial charge in [0.1, 0.15) is 5.75 Å². The van der Waals surface area contributed by atoms with Crippen LogP contribution in [0.25, 0.3) is 22.6 Å². The average Bonchev–Trinajstić information content (AvgIpc) is 3.36. The van der Waals surface area contributed by atoms with Crippen LogP contribution in [-0.4, -0.2) is 27.0 Å². The number of hydrogen-bond acceptors (Lipinski definition) is 6. The predicted molar refractivity (Wildman–Crippen MR) is 94.8 cm³/mol. The number of ether oxygens (including phenoxy) is 1. The van der Waals surface area contributed by atoms with Crippen molar-refractivity contribution in [1.82, 2.24) is 20.6 Å². The molecule has 0 radical (unpaired) electrons. The van der Waals surface area contributed by atoms with Gasteiger partial charge >= 0.3 is 12.5 Å². The van der Waals surface area contributed by atoms with Crippen molar-refractivity contribution >= 4 is 16.7 Å². The fourth-order valence-corrected chi connectivity index (χ4v) is 2.90. The Balaban J connectivity index is 1.58. The zero-order valence-corrected chi connectivity index (χ0v) is 15.5. The van der Waals surface area contributed by atoms with Gasteiger partial charge in [0.05, 0.1) is 5.56 Å². The second kappa shape index (κ2) is 7.69. The summed E-state index contributed by atoms with van der Waals surface area (Å²) in [6.07, 6.45) is -10.4. The van der Waals surface area contributed by atoms with Crippen molar-refractivity contribution in [3.05, 3.63) is 53.3 Å². The summed E-state index contributed by atoms with van der Waals surface area (Å²) < 4.78 is 100. The van der Waals surface area contributed by atoms with Gasteiger partial charge in [-0.25, -0.2) is 9.49 Å². The van der Waals surface area contributed by atoms with Crippen molar-refractivity contribution in [3.63, 3.8) is 0 Å². The maximum atomic E-state index is 14.8. The maximum absolute atomic E-state index is 14.8. The van der Waals surface area contributed by atoms with Crippen LogP contribution in [-0.2, 0) is 12.7 Å². The van der Waals surface area contributed by atoms with Crippen LogP contribution in [0, 0.1) is 5.82 Å². The number of anilines is 1. The van der Waals surface area contributed by atoms with Crippen LogP contribution < -0.4 is 10.1 Å². The summed E-state index contributed by atoms with van der Waals surface area (Å²) in [4.78, 5) is 0. The molecule has 0 saturated carbocycles. The number of alkyl halides is 6. The first-order chi connectivity index (χ1) is 15.0. The highest BCUT2D eigenvalue weighted by Gasteiger charge is 2.39. The molecule has 0 atom stereocenters. The number of rotatable bonds is 5. The number of H-pyrrole nitrogens is 1. The molecule has 2 N–H and O–H groups in total. The highest BCUT2D eigenvalue weighted by molar-refractivity contribution is 5.83. The third kappa shape index (κ3) is 4.43. The smallest absolute Gasteiger partial charge is 0.450 e. The van der Waals surface area contributed by atoms with Crippen molar-refractivity contribution < 1.29 is 39.9 Å². The topological polar surface area (TPSA) is 88.9 Å². The predicted octanol–water partition coefficient (Wildman–Crippen LogP) is 5.28. The molecule has 4 aromatic rings. The third-order valence-electron chi connectivity index (χ3n) is 4.28. The van der Waals surface area contributed by atoms with E-state index in [4.69, 9.17) is 4.42 Å². The minimum atomic E-state index is -5.29. The Bertz CT molecular complexity index is 1250. The van der Waals surface area contributed by atoms with E-state index in [-0.39, 0.29) is 35.0 Å². The Morgan fingerprint density at radius 2 is 1.81 bits per heavy atom. The summed E-state index contributed by atoms with van der Waals surface area (Å²) in [5, 5.41) is 15.8. The van der Waals surface area contributed by atoms with Crippen molar-refractivity contribution in [2.75, 3.05) is 5.32 Å². The first kappa shape index (κ1) is 21.4. The highest BCUT2D eigenvalue weighted by Crippen LogP contribution is 2.40. The minimum Gasteiger partial charge on any atom is -0.450 e. The molecule has 0 aliphatic carbocycles. The average molecular weight is 461 g/mol. The zero-order chi connectivity index (χ0) is 23.1. The van der Waals surface area contributed by atoms with Gasteiger partial charge in [0.2, 0.25) is 5.82 Å². The number of nitrogens with zero attached hydrogens (tertiary/aromatic N) is 3. The molecule has 2 aromatic carbocycles. The number of fused-ring (bicyclic) bond motifs is 1. The zero-order valence-electron chi connectivity index (χ0n) is 15.5. The molecule has 0 amide bonds. The van der Waals surface area contributed by atoms with E-state index in [2.05, 4.69) is 30.7 Å². The maximum Gasteiger partial charge on any atom is 0.573 e. The molecule has 168 valence electrons. The van der Waals surface area contributed by atoms with E-state index >= 15 is 0 Å². The molecule has 0 aliphatic rings. The Morgan fingerprint density at radius 1 is 1.03 bits per heavy atom. The number of hydrogen-bond donors (Lipinski definition) is 2. The minimum absolute atomic E-state index is 0.0401. The van der Waals surface area contributed by atoms with Crippen LogP contribution in [0.1, 0.15) is 11.1 Å². The van der Waals surface area contributed by atoms with Crippen molar-refractivity contribution in [3.8, 4) is 17.3 Å². The van der Waals surface area contributed by atoms with Crippen molar-refractivity contribution in [1.29, 1.82) is 0 Å². The van der Waals surface area contributed by atoms with Gasteiger partial charge in [-0.2, -0.15) is 13.2 Å². The molecule has 0 fully saturated rings. The number of halogens is 7. The van der Waals surface area contributed by atoms with Crippen LogP contribution >= 0.6 is 0 Å². The van der Waals surface area contributed by atoms with Gasteiger partial charge in [0, 0.05) is 23.2 Å². The first-order valence-corrected chi connectivity index (χ1v) is 8.67. The lowest BCUT2D eigenvalue weighted by Gasteiger charge is -2.17. The van der Waals surface area contributed by atoms with Crippen LogP contribution in [0.3, 0.4) is 0 Å². The Labute approximate surface area is 173 Å². The van der Waals surface area contributed by atoms with E-state index in [0.717, 1.165) is 6.07 Å². The molecule has 0 aliphatic heterocycles. The third-order valence-corrected chi connectivity index (χ3v) is 4.28. The molecule has 14 heteroatoms. The normalized spacial score (nSPS) is 12.3. The van der Waals surface area contributed by atoms with Gasteiger partial charge in [0.25, 0.3) is 0 Å². The van der Waals surface area contributed by atoms with Crippen molar-refractivity contribution in [2.24, 2.45) is 0 Å². The lowest BCUT2D eigenvalue weighted by atomic mass is 10.1. The first-order valence-electron chi connectivity index (χ1n) is 8.67. The second-order valence-corrected chi connectivity index (χ2v) is 6.43. The lowest BCUT2D eigenvalue weighted by molar-refractivity contribution is -0.276. The van der Waals surface area contributed by atoms with E-state index < -0.39 is 29.7 Å². The standard InChI is InChI=1S/C18H10F7N5O2/c19-14-9(2-1-8-5-13(31-15(8)14)16-27-29-30-28-16)7-26-10-3-4-12(32-18(23,24)25)11(6-10)17(20,21)22/h1-6,26H,7H2,(H,27,28,29,30). The molecule has 32 heavy (non-hydrogen) atoms. The molecule has 2 aromatic heterocycles. The Kier molecular flexibility index (Phi) is 5.14. The molecule has 2 heterocycles. The number of tetrazole rings is 1. The molecule has 0 bridgehead atoms. The van der Waals surface area contributed by atoms with Gasteiger partial charge in [-0.1, -0.05) is 12.1 Å². The second-order valence-electron chi connectivity index (χ2n) is 6.43. The fraction of sp³-hybridized carbons (Fsp3) is 0.167. The van der Waals surface area contributed by atoms with E-state index in [9.17, 15) is 30.7 Å². The number of benzene rings is 2. The summed E-state index contributed by atoms with van der Waals surface area (Å²) in [5.41, 5.74) is -1.91. The summed E-state index contributed by atoms with van der Waals surface area (Å²) in [6, 6.07) is 6.32. The number of aromatic amines is 1. The summed E-state index contributed by atoms with van der Waals surface area (Å²) >= 11 is 0. The van der Waals surface area contributed by atoms with Gasteiger partial charge in [-0.15, -0.1) is 18.3 Å².